The third-order valence-electron chi connectivity index (χ3n) is 5.67. The molecule has 0 N–H and O–H groups in total. The number of aromatic nitrogens is 1. The van der Waals surface area contributed by atoms with Crippen LogP contribution in [-0.2, 0) is 21.0 Å². The summed E-state index contributed by atoms with van der Waals surface area (Å²) < 4.78 is 75.9. The molecule has 0 saturated carbocycles. The van der Waals surface area contributed by atoms with Crippen LogP contribution >= 0.6 is 11.8 Å². The number of anilines is 1. The maximum absolute atomic E-state index is 13.6. The van der Waals surface area contributed by atoms with Gasteiger partial charge in [-0.2, -0.15) is 31.2 Å². The van der Waals surface area contributed by atoms with E-state index in [-0.39, 0.29) is 16.1 Å². The molecule has 7 nitrogen and oxygen atoms in total. The van der Waals surface area contributed by atoms with Gasteiger partial charge in [-0.3, -0.25) is 14.6 Å². The number of halogens is 6. The van der Waals surface area contributed by atoms with Crippen LogP contribution in [0.4, 0.5) is 36.8 Å². The normalized spacial score (nSPS) is 20.5. The van der Waals surface area contributed by atoms with E-state index >= 15 is 0 Å². The first-order valence-corrected chi connectivity index (χ1v) is 11.3. The lowest BCUT2D eigenvalue weighted by atomic mass is 10.1. The Kier molecular flexibility index (Phi) is 6.67. The monoisotopic (exact) mass is 544 g/mol. The van der Waals surface area contributed by atoms with Crippen molar-refractivity contribution < 1.29 is 50.2 Å². The summed E-state index contributed by atoms with van der Waals surface area (Å²) in [6.07, 6.45) is -4.12. The van der Waals surface area contributed by atoms with Crippen LogP contribution in [0.25, 0.3) is 10.9 Å². The maximum atomic E-state index is 13.6. The molecule has 3 amide bonds. The van der Waals surface area contributed by atoms with Crippen LogP contribution < -0.4 is 4.90 Å². The van der Waals surface area contributed by atoms with E-state index in [2.05, 4.69) is 4.98 Å². The molecule has 2 heterocycles. The van der Waals surface area contributed by atoms with Crippen molar-refractivity contribution in [3.8, 4) is 0 Å². The average Bonchev–Trinajstić information content (AvgIpc) is 2.99. The minimum Gasteiger partial charge on any atom is -0.267 e. The molecule has 0 bridgehead atoms. The van der Waals surface area contributed by atoms with Gasteiger partial charge in [-0.25, -0.2) is 9.59 Å². The fraction of sp³-hybridized carbons (Fsp3) is 0.217. The van der Waals surface area contributed by atoms with Gasteiger partial charge in [0, 0.05) is 29.0 Å². The molecule has 3 aromatic rings. The van der Waals surface area contributed by atoms with Crippen LogP contribution in [0.1, 0.15) is 12.5 Å². The van der Waals surface area contributed by atoms with E-state index in [4.69, 9.17) is 4.84 Å². The Balaban J connectivity index is 1.78. The van der Waals surface area contributed by atoms with Crippen LogP contribution in [0.2, 0.25) is 0 Å². The van der Waals surface area contributed by atoms with Gasteiger partial charge in [0.2, 0.25) is 6.04 Å². The van der Waals surface area contributed by atoms with E-state index in [1.807, 2.05) is 0 Å². The summed E-state index contributed by atoms with van der Waals surface area (Å²) in [5, 5.41) is 0.449. The summed E-state index contributed by atoms with van der Waals surface area (Å²) in [5.41, 5.74) is -4.07. The molecule has 1 aliphatic heterocycles. The fourth-order valence-corrected chi connectivity index (χ4v) is 4.47. The number of pyridine rings is 1. The largest absolute Gasteiger partial charge is 0.497 e. The number of fused-ring (bicyclic) bond motifs is 1. The zero-order chi connectivity index (χ0) is 27.2. The van der Waals surface area contributed by atoms with Gasteiger partial charge in [-0.1, -0.05) is 18.2 Å². The van der Waals surface area contributed by atoms with E-state index in [1.165, 1.54) is 12.3 Å². The standard InChI is InChI=1S/C23H16F6N3O4S/c1-13-19(33)31(15-6-8-16(9-7-15)37-23(27,28)29)21(35)32(13,36-20(34)22(24,25)26)12-14-10-11-30-18-5-3-2-4-17(14)18/h2-11,13H,12H2,1H3/q+1/t13-,32?/m0/s1. The Hall–Kier alpha value is -3.65. The van der Waals surface area contributed by atoms with Crippen molar-refractivity contribution in [2.45, 2.75) is 36.1 Å². The number of carbonyl (C=O) groups excluding carboxylic acids is 3. The molecule has 14 heteroatoms. The molecule has 1 fully saturated rings. The van der Waals surface area contributed by atoms with Gasteiger partial charge < -0.3 is 0 Å². The summed E-state index contributed by atoms with van der Waals surface area (Å²) in [7, 11) is 0. The number of amides is 3. The van der Waals surface area contributed by atoms with Crippen molar-refractivity contribution in [2.75, 3.05) is 4.90 Å². The SMILES string of the molecule is C[C@H]1C(=O)N(c2ccc(SC(F)(F)F)cc2)C(=O)[N+]1(Cc1ccnc2ccccc12)OC(=O)C(F)(F)F. The molecule has 1 unspecified atom stereocenters. The van der Waals surface area contributed by atoms with E-state index in [1.54, 1.807) is 24.3 Å². The second kappa shape index (κ2) is 9.34. The van der Waals surface area contributed by atoms with Gasteiger partial charge in [0.25, 0.3) is 0 Å². The molecule has 0 aliphatic carbocycles. The van der Waals surface area contributed by atoms with Crippen LogP contribution in [-0.4, -0.2) is 45.3 Å². The summed E-state index contributed by atoms with van der Waals surface area (Å²) in [6.45, 7) is 0.482. The maximum Gasteiger partial charge on any atom is 0.497 e. The lowest BCUT2D eigenvalue weighted by Gasteiger charge is -2.30. The predicted octanol–water partition coefficient (Wildman–Crippen LogP) is 5.74. The van der Waals surface area contributed by atoms with Crippen molar-refractivity contribution >= 4 is 46.3 Å². The van der Waals surface area contributed by atoms with Gasteiger partial charge in [0.1, 0.15) is 0 Å². The highest BCUT2D eigenvalue weighted by atomic mass is 32.2. The third-order valence-corrected chi connectivity index (χ3v) is 6.41. The first-order chi connectivity index (χ1) is 17.2. The Bertz CT molecular complexity index is 1370. The second-order valence-corrected chi connectivity index (χ2v) is 9.13. The van der Waals surface area contributed by atoms with E-state index < -0.39 is 58.6 Å². The third kappa shape index (κ3) is 5.11. The number of hydrogen-bond donors (Lipinski definition) is 0. The second-order valence-electron chi connectivity index (χ2n) is 7.99. The van der Waals surface area contributed by atoms with Crippen LogP contribution in [0.15, 0.2) is 65.7 Å². The van der Waals surface area contributed by atoms with Crippen molar-refractivity contribution in [2.24, 2.45) is 0 Å². The molecule has 4 rings (SSSR count). The molecule has 1 aliphatic rings. The number of benzene rings is 2. The topological polar surface area (TPSA) is 76.6 Å². The Labute approximate surface area is 209 Å². The highest BCUT2D eigenvalue weighted by molar-refractivity contribution is 8.00. The van der Waals surface area contributed by atoms with Crippen molar-refractivity contribution in [1.29, 1.82) is 0 Å². The highest BCUT2D eigenvalue weighted by Crippen LogP contribution is 2.40. The summed E-state index contributed by atoms with van der Waals surface area (Å²) in [4.78, 5) is 47.8. The van der Waals surface area contributed by atoms with Crippen LogP contribution in [0.3, 0.4) is 0 Å². The van der Waals surface area contributed by atoms with Gasteiger partial charge in [-0.05, 0) is 52.8 Å². The zero-order valence-corrected chi connectivity index (χ0v) is 19.5. The number of thioether (sulfide) groups is 1. The fourth-order valence-electron chi connectivity index (χ4n) is 3.93. The zero-order valence-electron chi connectivity index (χ0n) is 18.7. The molecule has 2 aromatic carbocycles. The minimum absolute atomic E-state index is 0.198. The number of urea groups is 1. The summed E-state index contributed by atoms with van der Waals surface area (Å²) in [6, 6.07) is 9.11. The molecule has 1 saturated heterocycles. The average molecular weight is 544 g/mol. The Morgan fingerprint density at radius 3 is 2.30 bits per heavy atom. The van der Waals surface area contributed by atoms with Crippen LogP contribution in [0.5, 0.6) is 0 Å². The van der Waals surface area contributed by atoms with Gasteiger partial charge >= 0.3 is 29.6 Å². The number of nitrogens with zero attached hydrogens (tertiary/aromatic N) is 3. The number of hydroxylamine groups is 3. The summed E-state index contributed by atoms with van der Waals surface area (Å²) >= 11 is -0.425. The molecule has 2 atom stereocenters. The summed E-state index contributed by atoms with van der Waals surface area (Å²) in [5.74, 6) is -3.69. The molecule has 0 radical (unpaired) electrons. The van der Waals surface area contributed by atoms with E-state index in [0.29, 0.717) is 15.8 Å². The predicted molar refractivity (Wildman–Crippen MR) is 119 cm³/mol. The number of quaternary nitrogens is 1. The molecule has 194 valence electrons. The molecular formula is C23H16F6N3O4S+. The smallest absolute Gasteiger partial charge is 0.267 e. The number of rotatable bonds is 5. The molecular weight excluding hydrogens is 528 g/mol. The first-order valence-electron chi connectivity index (χ1n) is 10.5. The highest BCUT2D eigenvalue weighted by Gasteiger charge is 2.65. The van der Waals surface area contributed by atoms with E-state index in [0.717, 1.165) is 31.2 Å². The molecule has 0 spiro atoms. The van der Waals surface area contributed by atoms with E-state index in [9.17, 15) is 40.7 Å². The lowest BCUT2D eigenvalue weighted by molar-refractivity contribution is -1.04. The Morgan fingerprint density at radius 2 is 1.68 bits per heavy atom. The van der Waals surface area contributed by atoms with Gasteiger partial charge in [0.15, 0.2) is 6.54 Å². The molecule has 37 heavy (non-hydrogen) atoms. The number of para-hydroxylation sites is 1. The number of alkyl halides is 6. The van der Waals surface area contributed by atoms with Crippen LogP contribution in [0, 0.1) is 0 Å². The number of hydrogen-bond acceptors (Lipinski definition) is 6. The van der Waals surface area contributed by atoms with Gasteiger partial charge in [-0.15, -0.1) is 0 Å². The van der Waals surface area contributed by atoms with Crippen molar-refractivity contribution in [3.05, 3.63) is 66.4 Å². The number of imide groups is 1. The molecule has 1 aromatic heterocycles. The van der Waals surface area contributed by atoms with Crippen molar-refractivity contribution in [3.63, 3.8) is 0 Å². The quantitative estimate of drug-likeness (QED) is 0.177. The minimum atomic E-state index is -5.47. The number of carbonyl (C=O) groups is 3. The Morgan fingerprint density at radius 1 is 1.03 bits per heavy atom. The van der Waals surface area contributed by atoms with Gasteiger partial charge in [0.05, 0.1) is 11.2 Å². The lowest BCUT2D eigenvalue weighted by Crippen LogP contribution is -2.57. The van der Waals surface area contributed by atoms with Crippen molar-refractivity contribution in [1.82, 2.24) is 4.98 Å². The first kappa shape index (κ1) is 26.4.